The first-order chi connectivity index (χ1) is 36.0. The Labute approximate surface area is 477 Å². The van der Waals surface area contributed by atoms with Gasteiger partial charge in [0.2, 0.25) is 11.9 Å². The van der Waals surface area contributed by atoms with Gasteiger partial charge in [-0.1, -0.05) is 82.2 Å². The number of hydrogen-bond donors (Lipinski definition) is 5. The minimum atomic E-state index is -0.443. The van der Waals surface area contributed by atoms with E-state index in [1.165, 1.54) is 4.43 Å². The number of nitrogens with one attached hydrogen (secondary N) is 5. The molecule has 0 spiro atoms. The number of carbonyl (C=O) groups excluding carboxylic acids is 2. The first-order valence-corrected chi connectivity index (χ1v) is 28.9. The fraction of sp³-hybridized carbons (Fsp3) is 0.536. The lowest BCUT2D eigenvalue weighted by Crippen LogP contribution is -2.45. The van der Waals surface area contributed by atoms with Gasteiger partial charge in [0.1, 0.15) is 11.2 Å². The van der Waals surface area contributed by atoms with Gasteiger partial charge in [-0.15, -0.1) is 12.4 Å². The number of likely N-dealkylation sites (tertiary alicyclic amines) is 3. The van der Waals surface area contributed by atoms with Gasteiger partial charge < -0.3 is 50.1 Å². The summed E-state index contributed by atoms with van der Waals surface area (Å²) >= 11 is 15.3. The average Bonchev–Trinajstić information content (AvgIpc) is 4.03. The zero-order valence-corrected chi connectivity index (χ0v) is 49.3. The number of amides is 2. The van der Waals surface area contributed by atoms with Gasteiger partial charge in [0.15, 0.2) is 0 Å². The van der Waals surface area contributed by atoms with Crippen LogP contribution in [-0.4, -0.2) is 143 Å². The number of ether oxygens (including phenoxy) is 2. The molecule has 2 aromatic carbocycles. The summed E-state index contributed by atoms with van der Waals surface area (Å²) in [5.74, 6) is 2.67. The van der Waals surface area contributed by atoms with Crippen molar-refractivity contribution in [1.29, 1.82) is 0 Å². The van der Waals surface area contributed by atoms with E-state index in [-0.39, 0.29) is 30.2 Å². The van der Waals surface area contributed by atoms with Gasteiger partial charge in [-0.2, -0.15) is 0 Å². The number of carbonyl (C=O) groups is 2. The molecule has 6 aromatic rings. The molecule has 0 saturated carbocycles. The highest BCUT2D eigenvalue weighted by atomic mass is 127. The fourth-order valence-electron chi connectivity index (χ4n) is 9.96. The van der Waals surface area contributed by atoms with Gasteiger partial charge in [-0.25, -0.2) is 29.5 Å². The van der Waals surface area contributed by atoms with Gasteiger partial charge in [-0.05, 0) is 130 Å². The van der Waals surface area contributed by atoms with Crippen molar-refractivity contribution in [3.05, 3.63) is 83.4 Å². The largest absolute Gasteiger partial charge is 0.444 e. The summed E-state index contributed by atoms with van der Waals surface area (Å²) in [6, 6.07) is 17.0. The van der Waals surface area contributed by atoms with Crippen molar-refractivity contribution < 1.29 is 19.1 Å². The maximum atomic E-state index is 12.3. The Bertz CT molecular complexity index is 2810. The smallest absolute Gasteiger partial charge is 0.410 e. The SMILES string of the molecule is CC(C)(C)OC(=O)N1CCC(CI)CC1.CC(C)(C)OC(=O)N1CCC(CN2CCC(Nc3ncc(Cl)c(-c4c[nH]c5ccccc45)n3)CC2)CC1.Cl.Clc1cnc(NC2CCNCC2)nc1-c1c[nH]c2ccccc12. The lowest BCUT2D eigenvalue weighted by molar-refractivity contribution is 0.0162. The van der Waals surface area contributed by atoms with Crippen LogP contribution in [0.2, 0.25) is 10.0 Å². The minimum Gasteiger partial charge on any atom is -0.444 e. The first-order valence-electron chi connectivity index (χ1n) is 26.6. The third-order valence-electron chi connectivity index (χ3n) is 14.0. The topological polar surface area (TPSA) is 182 Å². The monoisotopic (exact) mass is 1210 g/mol. The highest BCUT2D eigenvalue weighted by molar-refractivity contribution is 14.1. The number of alkyl halides is 1. The van der Waals surface area contributed by atoms with Gasteiger partial charge in [0.05, 0.1) is 33.8 Å². The van der Waals surface area contributed by atoms with Crippen LogP contribution in [0.25, 0.3) is 44.3 Å². The van der Waals surface area contributed by atoms with Crippen LogP contribution in [0.15, 0.2) is 73.3 Å². The second-order valence-electron chi connectivity index (χ2n) is 22.1. The molecular formula is C56H76Cl3IN12O4. The summed E-state index contributed by atoms with van der Waals surface area (Å²) in [6.45, 7) is 20.0. The Morgan fingerprint density at radius 3 is 1.49 bits per heavy atom. The molecule has 0 bridgehead atoms. The highest BCUT2D eigenvalue weighted by Gasteiger charge is 2.30. The van der Waals surface area contributed by atoms with Crippen LogP contribution in [0.5, 0.6) is 0 Å². The number of fused-ring (bicyclic) bond motifs is 2. The van der Waals surface area contributed by atoms with Crippen LogP contribution in [0.3, 0.4) is 0 Å². The van der Waals surface area contributed by atoms with Crippen molar-refractivity contribution in [3.63, 3.8) is 0 Å². The predicted molar refractivity (Wildman–Crippen MR) is 318 cm³/mol. The fourth-order valence-corrected chi connectivity index (χ4v) is 11.2. The maximum Gasteiger partial charge on any atom is 0.410 e. The molecule has 5 N–H and O–H groups in total. The van der Waals surface area contributed by atoms with Crippen molar-refractivity contribution >= 4 is 104 Å². The zero-order chi connectivity index (χ0) is 53.1. The molecule has 4 aliphatic heterocycles. The highest BCUT2D eigenvalue weighted by Crippen LogP contribution is 2.34. The molecule has 4 fully saturated rings. The summed E-state index contributed by atoms with van der Waals surface area (Å²) in [5.41, 5.74) is 4.80. The number of aromatic amines is 2. The lowest BCUT2D eigenvalue weighted by Gasteiger charge is -2.38. The van der Waals surface area contributed by atoms with Gasteiger partial charge >= 0.3 is 12.2 Å². The molecule has 0 unspecified atom stereocenters. The third kappa shape index (κ3) is 16.7. The molecular weight excluding hydrogens is 1140 g/mol. The number of H-pyrrole nitrogens is 2. The lowest BCUT2D eigenvalue weighted by atomic mass is 9.95. The van der Waals surface area contributed by atoms with E-state index < -0.39 is 5.60 Å². The van der Waals surface area contributed by atoms with E-state index in [0.29, 0.717) is 39.9 Å². The average molecular weight is 1210 g/mol. The number of rotatable bonds is 9. The van der Waals surface area contributed by atoms with Crippen molar-refractivity contribution in [1.82, 2.24) is 49.9 Å². The molecule has 20 heteroatoms. The Balaban J connectivity index is 0.000000183. The number of piperidine rings is 4. The molecule has 4 aromatic heterocycles. The Hall–Kier alpha value is -4.66. The Morgan fingerprint density at radius 2 is 1.05 bits per heavy atom. The van der Waals surface area contributed by atoms with Crippen molar-refractivity contribution in [2.24, 2.45) is 11.8 Å². The number of aromatic nitrogens is 6. The molecule has 8 heterocycles. The van der Waals surface area contributed by atoms with Crippen LogP contribution in [0, 0.1) is 11.8 Å². The van der Waals surface area contributed by atoms with E-state index in [1.54, 1.807) is 12.4 Å². The second kappa shape index (κ2) is 27.3. The van der Waals surface area contributed by atoms with Crippen molar-refractivity contribution in [3.8, 4) is 22.5 Å². The molecule has 4 saturated heterocycles. The van der Waals surface area contributed by atoms with Crippen LogP contribution >= 0.6 is 58.2 Å². The molecule has 76 heavy (non-hydrogen) atoms. The summed E-state index contributed by atoms with van der Waals surface area (Å²) in [7, 11) is 0. The van der Waals surface area contributed by atoms with Crippen LogP contribution in [0.4, 0.5) is 21.5 Å². The third-order valence-corrected chi connectivity index (χ3v) is 15.8. The minimum absolute atomic E-state index is 0. The molecule has 0 aliphatic carbocycles. The van der Waals surface area contributed by atoms with E-state index in [2.05, 4.69) is 80.5 Å². The summed E-state index contributed by atoms with van der Waals surface area (Å²) < 4.78 is 12.1. The quantitative estimate of drug-likeness (QED) is 0.0684. The number of para-hydroxylation sites is 2. The molecule has 4 aliphatic rings. The van der Waals surface area contributed by atoms with Gasteiger partial charge in [-0.3, -0.25) is 0 Å². The number of hydrogen-bond acceptors (Lipinski definition) is 12. The van der Waals surface area contributed by atoms with Crippen molar-refractivity contribution in [2.45, 2.75) is 116 Å². The molecule has 412 valence electrons. The summed E-state index contributed by atoms with van der Waals surface area (Å²) in [6.07, 6.45) is 15.5. The maximum absolute atomic E-state index is 12.3. The van der Waals surface area contributed by atoms with E-state index in [0.717, 1.165) is 161 Å². The second-order valence-corrected chi connectivity index (χ2v) is 23.8. The first kappa shape index (κ1) is 59.0. The van der Waals surface area contributed by atoms with Crippen LogP contribution in [0.1, 0.15) is 92.9 Å². The molecule has 2 amide bonds. The van der Waals surface area contributed by atoms with Crippen LogP contribution < -0.4 is 16.0 Å². The van der Waals surface area contributed by atoms with Crippen molar-refractivity contribution in [2.75, 3.05) is 74.0 Å². The van der Waals surface area contributed by atoms with E-state index >= 15 is 0 Å². The summed E-state index contributed by atoms with van der Waals surface area (Å²) in [5, 5.41) is 13.6. The predicted octanol–water partition coefficient (Wildman–Crippen LogP) is 12.7. The molecule has 10 rings (SSSR count). The van der Waals surface area contributed by atoms with E-state index in [9.17, 15) is 9.59 Å². The molecule has 0 atom stereocenters. The number of benzene rings is 2. The number of halogens is 4. The van der Waals surface area contributed by atoms with Gasteiger partial charge in [0, 0.05) is 108 Å². The van der Waals surface area contributed by atoms with Crippen LogP contribution in [-0.2, 0) is 9.47 Å². The normalized spacial score (nSPS) is 17.5. The summed E-state index contributed by atoms with van der Waals surface area (Å²) in [4.78, 5) is 55.1. The zero-order valence-electron chi connectivity index (χ0n) is 44.8. The van der Waals surface area contributed by atoms with E-state index in [4.69, 9.17) is 37.7 Å². The number of anilines is 2. The molecule has 16 nitrogen and oxygen atoms in total. The number of nitrogens with zero attached hydrogens (tertiary/aromatic N) is 7. The Kier molecular flexibility index (Phi) is 21.2. The Morgan fingerprint density at radius 1 is 0.632 bits per heavy atom. The van der Waals surface area contributed by atoms with E-state index in [1.807, 2.05) is 100 Å². The van der Waals surface area contributed by atoms with Gasteiger partial charge in [0.25, 0.3) is 0 Å². The molecule has 0 radical (unpaired) electrons. The standard InChI is InChI=1S/C28H37ClN6O2.C17H18ClN5.C11H20INO2.ClH/c1-28(2,3)37-27(36)35-14-8-19(9-15-35)18-34-12-10-20(11-13-34)32-26-31-17-23(29)25(33-26)22-16-30-24-7-5-4-6-21(22)24;18-14-10-21-17(22-11-5-7-19-8-6-11)23-16(14)13-9-20-15-4-2-1-3-12(13)15;1-11(2,3)15-10(14)13-6-4-9(8-12)5-7-13;/h4-7,16-17,19-20,30H,8-15,18H2,1-3H3,(H,31,32,33);1-4,9-11,19-20H,5-8H2,(H,21,22,23);9H,4-8H2,1-3H3;1H.